The van der Waals surface area contributed by atoms with Crippen molar-refractivity contribution in [1.82, 2.24) is 5.32 Å². The van der Waals surface area contributed by atoms with Gasteiger partial charge in [-0.05, 0) is 31.4 Å². The first-order valence-electron chi connectivity index (χ1n) is 7.27. The maximum Gasteiger partial charge on any atom is 0.237 e. The number of carbonyl (C=O) groups is 1. The number of nitrogens with one attached hydrogen (secondary N) is 1. The van der Waals surface area contributed by atoms with Crippen LogP contribution in [-0.2, 0) is 4.79 Å². The van der Waals surface area contributed by atoms with Crippen molar-refractivity contribution in [3.8, 4) is 11.5 Å². The van der Waals surface area contributed by atoms with E-state index < -0.39 is 6.04 Å². The number of methoxy groups -OCH3 is 1. The first-order chi connectivity index (χ1) is 9.93. The van der Waals surface area contributed by atoms with Crippen LogP contribution in [0.25, 0.3) is 0 Å². The highest BCUT2D eigenvalue weighted by Crippen LogP contribution is 2.26. The van der Waals surface area contributed by atoms with Gasteiger partial charge in [-0.2, -0.15) is 0 Å². The van der Waals surface area contributed by atoms with E-state index in [1.165, 1.54) is 0 Å². The Balaban J connectivity index is 0.00000441. The predicted octanol–water partition coefficient (Wildman–Crippen LogP) is 2.37. The zero-order valence-corrected chi connectivity index (χ0v) is 14.5. The van der Waals surface area contributed by atoms with Crippen molar-refractivity contribution in [1.29, 1.82) is 0 Å². The van der Waals surface area contributed by atoms with Crippen LogP contribution in [0.3, 0.4) is 0 Å². The van der Waals surface area contributed by atoms with Crippen molar-refractivity contribution in [2.75, 3.05) is 13.7 Å². The van der Waals surface area contributed by atoms with Crippen LogP contribution in [0.2, 0.25) is 0 Å². The Morgan fingerprint density at radius 3 is 2.36 bits per heavy atom. The molecule has 22 heavy (non-hydrogen) atoms. The van der Waals surface area contributed by atoms with E-state index in [4.69, 9.17) is 15.2 Å². The molecular formula is C16H27ClN2O3. The maximum atomic E-state index is 11.8. The number of carbonyl (C=O) groups excluding carboxylic acids is 1. The molecule has 0 bridgehead atoms. The lowest BCUT2D eigenvalue weighted by Gasteiger charge is -2.19. The van der Waals surface area contributed by atoms with Crippen LogP contribution in [0.15, 0.2) is 24.3 Å². The van der Waals surface area contributed by atoms with Gasteiger partial charge in [0.15, 0.2) is 11.5 Å². The van der Waals surface area contributed by atoms with E-state index in [1.54, 1.807) is 7.11 Å². The number of hydrogen-bond acceptors (Lipinski definition) is 4. The summed E-state index contributed by atoms with van der Waals surface area (Å²) in [6, 6.07) is 6.95. The fourth-order valence-electron chi connectivity index (χ4n) is 1.96. The van der Waals surface area contributed by atoms with Gasteiger partial charge in [-0.25, -0.2) is 0 Å². The molecule has 1 aromatic carbocycles. The van der Waals surface area contributed by atoms with Crippen LogP contribution in [-0.4, -0.2) is 31.7 Å². The van der Waals surface area contributed by atoms with Gasteiger partial charge in [-0.15, -0.1) is 12.4 Å². The van der Waals surface area contributed by atoms with Gasteiger partial charge < -0.3 is 20.5 Å². The lowest BCUT2D eigenvalue weighted by molar-refractivity contribution is -0.123. The van der Waals surface area contributed by atoms with E-state index in [9.17, 15) is 4.79 Å². The Kier molecular flexibility index (Phi) is 9.61. The lowest BCUT2D eigenvalue weighted by Crippen LogP contribution is -2.44. The molecule has 0 aliphatic carbocycles. The van der Waals surface area contributed by atoms with E-state index in [0.717, 1.165) is 0 Å². The number of ether oxygens (including phenoxy) is 2. The summed E-state index contributed by atoms with van der Waals surface area (Å²) in [5, 5.41) is 2.82. The molecule has 0 aromatic heterocycles. The Bertz CT molecular complexity index is 455. The molecule has 3 N–H and O–H groups in total. The Labute approximate surface area is 139 Å². The number of amides is 1. The molecular weight excluding hydrogens is 304 g/mol. The van der Waals surface area contributed by atoms with Crippen molar-refractivity contribution in [3.63, 3.8) is 0 Å². The Morgan fingerprint density at radius 1 is 1.23 bits per heavy atom. The number of para-hydroxylation sites is 2. The molecule has 0 heterocycles. The Morgan fingerprint density at radius 2 is 1.82 bits per heavy atom. The largest absolute Gasteiger partial charge is 0.493 e. The number of rotatable bonds is 8. The summed E-state index contributed by atoms with van der Waals surface area (Å²) in [5.74, 6) is 1.59. The van der Waals surface area contributed by atoms with E-state index in [2.05, 4.69) is 5.32 Å². The minimum absolute atomic E-state index is 0. The van der Waals surface area contributed by atoms with E-state index in [-0.39, 0.29) is 24.4 Å². The molecule has 0 aliphatic rings. The topological polar surface area (TPSA) is 73.6 Å². The molecule has 0 spiro atoms. The third-order valence-corrected chi connectivity index (χ3v) is 3.02. The predicted molar refractivity (Wildman–Crippen MR) is 90.8 cm³/mol. The summed E-state index contributed by atoms with van der Waals surface area (Å²) in [4.78, 5) is 11.8. The monoisotopic (exact) mass is 330 g/mol. The van der Waals surface area contributed by atoms with Crippen molar-refractivity contribution in [2.24, 2.45) is 11.7 Å². The molecule has 1 unspecified atom stereocenters. The Hall–Kier alpha value is -1.46. The van der Waals surface area contributed by atoms with Crippen LogP contribution < -0.4 is 20.5 Å². The van der Waals surface area contributed by atoms with Crippen molar-refractivity contribution < 1.29 is 14.3 Å². The summed E-state index contributed by atoms with van der Waals surface area (Å²) >= 11 is 0. The third kappa shape index (κ3) is 7.00. The first kappa shape index (κ1) is 20.5. The molecule has 1 amide bonds. The second kappa shape index (κ2) is 10.3. The quantitative estimate of drug-likeness (QED) is 0.767. The van der Waals surface area contributed by atoms with Gasteiger partial charge in [-0.3, -0.25) is 4.79 Å². The smallest absolute Gasteiger partial charge is 0.237 e. The summed E-state index contributed by atoms with van der Waals surface area (Å²) in [5.41, 5.74) is 5.83. The minimum Gasteiger partial charge on any atom is -0.493 e. The van der Waals surface area contributed by atoms with Crippen molar-refractivity contribution in [2.45, 2.75) is 39.3 Å². The molecule has 2 atom stereocenters. The molecule has 6 heteroatoms. The maximum absolute atomic E-state index is 11.8. The van der Waals surface area contributed by atoms with Crippen LogP contribution >= 0.6 is 12.4 Å². The summed E-state index contributed by atoms with van der Waals surface area (Å²) in [6.45, 7) is 6.38. The average molecular weight is 331 g/mol. The minimum atomic E-state index is -0.469. The molecule has 5 nitrogen and oxygen atoms in total. The number of halogens is 1. The molecule has 1 aromatic rings. The van der Waals surface area contributed by atoms with Crippen LogP contribution in [0.5, 0.6) is 11.5 Å². The van der Waals surface area contributed by atoms with Crippen LogP contribution in [0.4, 0.5) is 0 Å². The van der Waals surface area contributed by atoms with Crippen LogP contribution in [0, 0.1) is 5.92 Å². The number of hydrogen-bond donors (Lipinski definition) is 2. The fraction of sp³-hybridized carbons (Fsp3) is 0.562. The van der Waals surface area contributed by atoms with Gasteiger partial charge in [0, 0.05) is 0 Å². The highest BCUT2D eigenvalue weighted by atomic mass is 35.5. The molecule has 0 radical (unpaired) electrons. The highest BCUT2D eigenvalue weighted by Gasteiger charge is 2.16. The molecule has 0 saturated heterocycles. The van der Waals surface area contributed by atoms with Crippen molar-refractivity contribution in [3.05, 3.63) is 24.3 Å². The molecule has 0 saturated carbocycles. The second-order valence-electron chi connectivity index (χ2n) is 5.56. The highest BCUT2D eigenvalue weighted by molar-refractivity contribution is 5.85. The van der Waals surface area contributed by atoms with Gasteiger partial charge in [0.1, 0.15) is 6.10 Å². The molecule has 1 rings (SSSR count). The number of benzene rings is 1. The van der Waals surface area contributed by atoms with E-state index in [1.807, 2.05) is 45.0 Å². The molecule has 126 valence electrons. The first-order valence-corrected chi connectivity index (χ1v) is 7.27. The number of nitrogens with two attached hydrogens (primary N) is 1. The zero-order chi connectivity index (χ0) is 15.8. The van der Waals surface area contributed by atoms with Gasteiger partial charge in [0.2, 0.25) is 5.91 Å². The zero-order valence-electron chi connectivity index (χ0n) is 13.7. The van der Waals surface area contributed by atoms with Gasteiger partial charge in [0.05, 0.1) is 19.7 Å². The second-order valence-corrected chi connectivity index (χ2v) is 5.56. The van der Waals surface area contributed by atoms with Crippen molar-refractivity contribution >= 4 is 18.3 Å². The van der Waals surface area contributed by atoms with E-state index >= 15 is 0 Å². The molecule has 0 aliphatic heterocycles. The van der Waals surface area contributed by atoms with Crippen LogP contribution in [0.1, 0.15) is 27.2 Å². The lowest BCUT2D eigenvalue weighted by atomic mass is 10.0. The van der Waals surface area contributed by atoms with Gasteiger partial charge in [0.25, 0.3) is 0 Å². The van der Waals surface area contributed by atoms with Gasteiger partial charge in [-0.1, -0.05) is 26.0 Å². The summed E-state index contributed by atoms with van der Waals surface area (Å²) < 4.78 is 11.0. The summed E-state index contributed by atoms with van der Waals surface area (Å²) in [6.07, 6.45) is 0.504. The van der Waals surface area contributed by atoms with E-state index in [0.29, 0.717) is 30.4 Å². The third-order valence-electron chi connectivity index (χ3n) is 3.02. The SMILES string of the molecule is COc1ccccc1OC(C)CNC(=O)[C@@H](N)CC(C)C.Cl. The van der Waals surface area contributed by atoms with Gasteiger partial charge >= 0.3 is 0 Å². The molecule has 0 fully saturated rings. The normalized spacial score (nSPS) is 13.0. The fourth-order valence-corrected chi connectivity index (χ4v) is 1.96. The standard InChI is InChI=1S/C16H26N2O3.ClH/c1-11(2)9-13(17)16(19)18-10-12(3)21-15-8-6-5-7-14(15)20-4;/h5-8,11-13H,9-10,17H2,1-4H3,(H,18,19);1H/t12?,13-;/m0./s1. The average Bonchev–Trinajstić information content (AvgIpc) is 2.44. The summed E-state index contributed by atoms with van der Waals surface area (Å²) in [7, 11) is 1.60.